The first kappa shape index (κ1) is 21.3. The maximum absolute atomic E-state index is 11.9. The van der Waals surface area contributed by atoms with Gasteiger partial charge in [0.15, 0.2) is 5.11 Å². The van der Waals surface area contributed by atoms with E-state index in [1.54, 1.807) is 0 Å². The number of nitrogens with one attached hydrogen (secondary N) is 2. The number of para-hydroxylation sites is 1. The van der Waals surface area contributed by atoms with Gasteiger partial charge in [0.1, 0.15) is 4.88 Å². The van der Waals surface area contributed by atoms with Gasteiger partial charge in [-0.05, 0) is 54.0 Å². The number of fused-ring (bicyclic) bond motifs is 1. The number of thiocarbonyl (C=S) groups is 1. The van der Waals surface area contributed by atoms with Crippen molar-refractivity contribution in [1.29, 1.82) is 0 Å². The van der Waals surface area contributed by atoms with Gasteiger partial charge in [-0.3, -0.25) is 0 Å². The third-order valence-corrected chi connectivity index (χ3v) is 6.60. The maximum Gasteiger partial charge on any atom is 0.349 e. The highest BCUT2D eigenvalue weighted by Crippen LogP contribution is 2.37. The average molecular weight is 467 g/mol. The molecular formula is C24H19ClN2O2S2. The van der Waals surface area contributed by atoms with Crippen LogP contribution in [0.15, 0.2) is 72.8 Å². The van der Waals surface area contributed by atoms with Crippen molar-refractivity contribution in [2.45, 2.75) is 6.42 Å². The molecule has 4 nitrogen and oxygen atoms in total. The summed E-state index contributed by atoms with van der Waals surface area (Å²) < 4.78 is 5.68. The zero-order valence-corrected chi connectivity index (χ0v) is 19.0. The van der Waals surface area contributed by atoms with Crippen LogP contribution in [0.4, 0.5) is 11.4 Å². The van der Waals surface area contributed by atoms with E-state index in [-0.39, 0.29) is 0 Å². The van der Waals surface area contributed by atoms with Gasteiger partial charge >= 0.3 is 5.97 Å². The Hall–Kier alpha value is -2.93. The molecule has 156 valence electrons. The summed E-state index contributed by atoms with van der Waals surface area (Å²) in [5.74, 6) is -0.437. The summed E-state index contributed by atoms with van der Waals surface area (Å²) in [5, 5.41) is 8.21. The van der Waals surface area contributed by atoms with Crippen LogP contribution in [-0.4, -0.2) is 18.2 Å². The Morgan fingerprint density at radius 1 is 1.03 bits per heavy atom. The lowest BCUT2D eigenvalue weighted by atomic mass is 10.0. The number of hydrogen-bond acceptors (Lipinski definition) is 4. The van der Waals surface area contributed by atoms with Gasteiger partial charge in [-0.25, -0.2) is 4.79 Å². The van der Waals surface area contributed by atoms with E-state index in [4.69, 9.17) is 28.6 Å². The molecule has 0 aliphatic heterocycles. The molecule has 0 aliphatic rings. The van der Waals surface area contributed by atoms with Gasteiger partial charge in [0.05, 0.1) is 12.1 Å². The quantitative estimate of drug-likeness (QED) is 0.252. The Bertz CT molecular complexity index is 1260. The smallest absolute Gasteiger partial charge is 0.349 e. The monoisotopic (exact) mass is 466 g/mol. The van der Waals surface area contributed by atoms with Gasteiger partial charge in [0.25, 0.3) is 0 Å². The zero-order valence-electron chi connectivity index (χ0n) is 16.6. The van der Waals surface area contributed by atoms with E-state index >= 15 is 0 Å². The number of hydrogen-bond donors (Lipinski definition) is 2. The largest absolute Gasteiger partial charge is 0.465 e. The molecule has 0 bridgehead atoms. The Labute approximate surface area is 194 Å². The highest BCUT2D eigenvalue weighted by atomic mass is 35.5. The van der Waals surface area contributed by atoms with Crippen LogP contribution in [0.3, 0.4) is 0 Å². The zero-order chi connectivity index (χ0) is 21.8. The predicted octanol–water partition coefficient (Wildman–Crippen LogP) is 6.74. The van der Waals surface area contributed by atoms with E-state index in [9.17, 15) is 4.79 Å². The summed E-state index contributed by atoms with van der Waals surface area (Å²) >= 11 is 13.2. The van der Waals surface area contributed by atoms with E-state index in [1.807, 2.05) is 54.6 Å². The Morgan fingerprint density at radius 3 is 2.55 bits per heavy atom. The molecule has 0 fully saturated rings. The van der Waals surface area contributed by atoms with Crippen LogP contribution in [0.5, 0.6) is 0 Å². The number of ether oxygens (including phenoxy) is 1. The lowest BCUT2D eigenvalue weighted by molar-refractivity contribution is 0.0606. The van der Waals surface area contributed by atoms with Crippen molar-refractivity contribution in [3.05, 3.63) is 93.8 Å². The normalized spacial score (nSPS) is 10.6. The highest BCUT2D eigenvalue weighted by molar-refractivity contribution is 7.80. The van der Waals surface area contributed by atoms with Crippen molar-refractivity contribution in [2.24, 2.45) is 0 Å². The van der Waals surface area contributed by atoms with E-state index in [2.05, 4.69) is 28.8 Å². The lowest BCUT2D eigenvalue weighted by Crippen LogP contribution is -2.19. The molecule has 1 heterocycles. The molecule has 0 spiro atoms. The van der Waals surface area contributed by atoms with Crippen molar-refractivity contribution >= 4 is 67.7 Å². The summed E-state index contributed by atoms with van der Waals surface area (Å²) in [6, 6.07) is 24.1. The number of benzene rings is 3. The van der Waals surface area contributed by atoms with Crippen LogP contribution in [0.2, 0.25) is 5.02 Å². The molecule has 2 N–H and O–H groups in total. The van der Waals surface area contributed by atoms with Crippen LogP contribution in [0, 0.1) is 0 Å². The number of carbonyl (C=O) groups is 1. The van der Waals surface area contributed by atoms with Crippen molar-refractivity contribution in [2.75, 3.05) is 17.7 Å². The van der Waals surface area contributed by atoms with Crippen molar-refractivity contribution < 1.29 is 9.53 Å². The minimum atomic E-state index is -0.437. The number of esters is 1. The first-order chi connectivity index (χ1) is 15.0. The number of halogens is 1. The molecule has 0 radical (unpaired) electrons. The van der Waals surface area contributed by atoms with Crippen LogP contribution in [0.1, 0.15) is 20.8 Å². The fourth-order valence-corrected chi connectivity index (χ4v) is 4.96. The van der Waals surface area contributed by atoms with Crippen LogP contribution >= 0.6 is 35.2 Å². The number of carbonyl (C=O) groups excluding carboxylic acids is 1. The molecule has 0 saturated carbocycles. The fraction of sp³-hybridized carbons (Fsp3) is 0.0833. The molecule has 0 atom stereocenters. The summed E-state index contributed by atoms with van der Waals surface area (Å²) in [7, 11) is 1.34. The van der Waals surface area contributed by atoms with Crippen molar-refractivity contribution in [3.63, 3.8) is 0 Å². The first-order valence-electron chi connectivity index (χ1n) is 9.55. The second-order valence-electron chi connectivity index (χ2n) is 6.85. The van der Waals surface area contributed by atoms with E-state index < -0.39 is 5.97 Å². The van der Waals surface area contributed by atoms with Gasteiger partial charge in [0, 0.05) is 21.5 Å². The molecule has 7 heteroatoms. The van der Waals surface area contributed by atoms with Gasteiger partial charge in [-0.1, -0.05) is 60.1 Å². The van der Waals surface area contributed by atoms with Gasteiger partial charge < -0.3 is 15.4 Å². The third-order valence-electron chi connectivity index (χ3n) is 4.76. The number of thiophene rings is 1. The van der Waals surface area contributed by atoms with Gasteiger partial charge in [-0.15, -0.1) is 11.3 Å². The van der Waals surface area contributed by atoms with Crippen LogP contribution in [-0.2, 0) is 11.2 Å². The summed E-state index contributed by atoms with van der Waals surface area (Å²) in [6.07, 6.45) is 0.808. The molecule has 0 amide bonds. The van der Waals surface area contributed by atoms with Crippen LogP contribution in [0.25, 0.3) is 10.1 Å². The van der Waals surface area contributed by atoms with E-state index in [0.29, 0.717) is 15.0 Å². The molecule has 4 aromatic rings. The Morgan fingerprint density at radius 2 is 1.77 bits per heavy atom. The topological polar surface area (TPSA) is 50.4 Å². The molecule has 3 aromatic carbocycles. The predicted molar refractivity (Wildman–Crippen MR) is 134 cm³/mol. The molecule has 0 saturated heterocycles. The summed E-state index contributed by atoms with van der Waals surface area (Å²) in [4.78, 5) is 12.3. The first-order valence-corrected chi connectivity index (χ1v) is 11.2. The fourth-order valence-electron chi connectivity index (χ4n) is 3.26. The van der Waals surface area contributed by atoms with Gasteiger partial charge in [0.2, 0.25) is 0 Å². The SMILES string of the molecule is COC(=O)c1sc2cc(NC(=S)Nc3ccccc3Cc3ccccc3)ccc2c1Cl. The van der Waals surface area contributed by atoms with E-state index in [1.165, 1.54) is 24.0 Å². The summed E-state index contributed by atoms with van der Waals surface area (Å²) in [5.41, 5.74) is 4.15. The standard InChI is InChI=1S/C24H19ClN2O2S2/c1-29-23(28)22-21(25)18-12-11-17(14-20(18)31-22)26-24(30)27-19-10-6-5-9-16(19)13-15-7-3-2-4-8-15/h2-12,14H,13H2,1H3,(H2,26,27,30). The molecule has 31 heavy (non-hydrogen) atoms. The van der Waals surface area contributed by atoms with Crippen molar-refractivity contribution in [3.8, 4) is 0 Å². The second-order valence-corrected chi connectivity index (χ2v) is 8.68. The van der Waals surface area contributed by atoms with Crippen molar-refractivity contribution in [1.82, 2.24) is 0 Å². The average Bonchev–Trinajstić information content (AvgIpc) is 3.11. The molecule has 4 rings (SSSR count). The molecule has 1 aromatic heterocycles. The summed E-state index contributed by atoms with van der Waals surface area (Å²) in [6.45, 7) is 0. The highest BCUT2D eigenvalue weighted by Gasteiger charge is 2.18. The minimum absolute atomic E-state index is 0.395. The third kappa shape index (κ3) is 4.88. The number of rotatable bonds is 5. The molecule has 0 aliphatic carbocycles. The Balaban J connectivity index is 1.50. The number of methoxy groups -OCH3 is 1. The van der Waals surface area contributed by atoms with E-state index in [0.717, 1.165) is 33.4 Å². The number of anilines is 2. The Kier molecular flexibility index (Phi) is 6.51. The maximum atomic E-state index is 11.9. The molecule has 0 unspecified atom stereocenters. The lowest BCUT2D eigenvalue weighted by Gasteiger charge is -2.14. The van der Waals surface area contributed by atoms with Gasteiger partial charge in [-0.2, -0.15) is 0 Å². The second kappa shape index (κ2) is 9.47. The molecular weight excluding hydrogens is 448 g/mol. The minimum Gasteiger partial charge on any atom is -0.465 e. The van der Waals surface area contributed by atoms with Crippen LogP contribution < -0.4 is 10.6 Å².